The maximum atomic E-state index is 11.8. The van der Waals surface area contributed by atoms with Crippen LogP contribution in [0.1, 0.15) is 10.4 Å². The van der Waals surface area contributed by atoms with Crippen molar-refractivity contribution in [1.29, 1.82) is 0 Å². The third-order valence-corrected chi connectivity index (χ3v) is 3.21. The van der Waals surface area contributed by atoms with Gasteiger partial charge in [-0.05, 0) is 42.5 Å². The van der Waals surface area contributed by atoms with Crippen LogP contribution in [0.2, 0.25) is 5.02 Å². The molecule has 0 heterocycles. The number of hydrogen-bond donors (Lipinski definition) is 2. The number of esters is 1. The minimum atomic E-state index is -0.604. The van der Waals surface area contributed by atoms with E-state index in [2.05, 4.69) is 5.32 Å². The Morgan fingerprint density at radius 1 is 1.17 bits per heavy atom. The first-order valence-electron chi connectivity index (χ1n) is 6.65. The van der Waals surface area contributed by atoms with Crippen LogP contribution in [0.4, 0.5) is 11.4 Å². The monoisotopic (exact) mass is 334 g/mol. The number of anilines is 2. The van der Waals surface area contributed by atoms with Crippen LogP contribution in [-0.4, -0.2) is 25.6 Å². The van der Waals surface area contributed by atoms with Gasteiger partial charge in [-0.3, -0.25) is 4.79 Å². The molecule has 6 nitrogen and oxygen atoms in total. The molecule has 120 valence electrons. The largest absolute Gasteiger partial charge is 0.495 e. The molecular weight excluding hydrogens is 320 g/mol. The summed E-state index contributed by atoms with van der Waals surface area (Å²) in [6, 6.07) is 11.0. The maximum absolute atomic E-state index is 11.8. The summed E-state index contributed by atoms with van der Waals surface area (Å²) in [4.78, 5) is 23.6. The smallest absolute Gasteiger partial charge is 0.338 e. The molecule has 2 rings (SSSR count). The van der Waals surface area contributed by atoms with Crippen molar-refractivity contribution in [2.45, 2.75) is 0 Å². The number of carbonyl (C=O) groups excluding carboxylic acids is 2. The van der Waals surface area contributed by atoms with E-state index in [-0.39, 0.29) is 0 Å². The van der Waals surface area contributed by atoms with E-state index in [4.69, 9.17) is 26.8 Å². The summed E-state index contributed by atoms with van der Waals surface area (Å²) in [7, 11) is 1.50. The second-order valence-corrected chi connectivity index (χ2v) is 5.00. The zero-order chi connectivity index (χ0) is 16.8. The minimum absolute atomic E-state index is 0.319. The van der Waals surface area contributed by atoms with Gasteiger partial charge in [0.25, 0.3) is 5.91 Å². The Balaban J connectivity index is 1.88. The van der Waals surface area contributed by atoms with Crippen LogP contribution in [-0.2, 0) is 9.53 Å². The molecule has 0 fully saturated rings. The van der Waals surface area contributed by atoms with Crippen LogP contribution in [0.15, 0.2) is 42.5 Å². The van der Waals surface area contributed by atoms with Gasteiger partial charge in [-0.2, -0.15) is 0 Å². The summed E-state index contributed by atoms with van der Waals surface area (Å²) >= 11 is 5.96. The Kier molecular flexibility index (Phi) is 5.43. The summed E-state index contributed by atoms with van der Waals surface area (Å²) in [5, 5.41) is 2.94. The van der Waals surface area contributed by atoms with Crippen LogP contribution in [0, 0.1) is 0 Å². The van der Waals surface area contributed by atoms with E-state index in [0.29, 0.717) is 27.7 Å². The maximum Gasteiger partial charge on any atom is 0.338 e. The van der Waals surface area contributed by atoms with E-state index in [9.17, 15) is 9.59 Å². The van der Waals surface area contributed by atoms with Crippen LogP contribution < -0.4 is 15.8 Å². The minimum Gasteiger partial charge on any atom is -0.495 e. The third kappa shape index (κ3) is 4.62. The molecule has 2 aromatic carbocycles. The van der Waals surface area contributed by atoms with Gasteiger partial charge >= 0.3 is 5.97 Å². The van der Waals surface area contributed by atoms with E-state index >= 15 is 0 Å². The van der Waals surface area contributed by atoms with Crippen molar-refractivity contribution in [3.63, 3.8) is 0 Å². The summed E-state index contributed by atoms with van der Waals surface area (Å²) in [6.07, 6.45) is 0. The molecule has 2 aromatic rings. The molecule has 3 N–H and O–H groups in total. The molecule has 7 heteroatoms. The molecule has 0 aliphatic carbocycles. The summed E-state index contributed by atoms with van der Waals surface area (Å²) < 4.78 is 9.95. The lowest BCUT2D eigenvalue weighted by Crippen LogP contribution is -2.20. The van der Waals surface area contributed by atoms with Crippen LogP contribution in [0.3, 0.4) is 0 Å². The second kappa shape index (κ2) is 7.51. The number of amides is 1. The molecular formula is C16H15ClN2O4. The highest BCUT2D eigenvalue weighted by atomic mass is 35.5. The van der Waals surface area contributed by atoms with Crippen molar-refractivity contribution in [3.05, 3.63) is 53.1 Å². The van der Waals surface area contributed by atoms with E-state index in [1.54, 1.807) is 30.3 Å². The molecule has 0 unspecified atom stereocenters. The van der Waals surface area contributed by atoms with E-state index in [1.165, 1.54) is 19.2 Å². The fourth-order valence-electron chi connectivity index (χ4n) is 1.77. The van der Waals surface area contributed by atoms with Gasteiger partial charge < -0.3 is 20.5 Å². The number of benzene rings is 2. The number of rotatable bonds is 5. The lowest BCUT2D eigenvalue weighted by molar-refractivity contribution is -0.119. The predicted octanol–water partition coefficient (Wildman–Crippen LogP) is 2.73. The van der Waals surface area contributed by atoms with Gasteiger partial charge in [0.05, 0.1) is 17.7 Å². The van der Waals surface area contributed by atoms with Crippen LogP contribution >= 0.6 is 11.6 Å². The molecule has 0 aliphatic rings. The molecule has 0 aliphatic heterocycles. The average Bonchev–Trinajstić information content (AvgIpc) is 2.53. The van der Waals surface area contributed by atoms with E-state index < -0.39 is 18.5 Å². The van der Waals surface area contributed by atoms with Crippen molar-refractivity contribution >= 4 is 34.9 Å². The summed E-state index contributed by atoms with van der Waals surface area (Å²) in [6.45, 7) is -0.410. The molecule has 0 bridgehead atoms. The van der Waals surface area contributed by atoms with Crippen molar-refractivity contribution < 1.29 is 19.1 Å². The first-order chi connectivity index (χ1) is 11.0. The van der Waals surface area contributed by atoms with Gasteiger partial charge in [-0.15, -0.1) is 0 Å². The highest BCUT2D eigenvalue weighted by Crippen LogP contribution is 2.27. The molecule has 0 radical (unpaired) electrons. The fraction of sp³-hybridized carbons (Fsp3) is 0.125. The first kappa shape index (κ1) is 16.6. The number of carbonyl (C=O) groups is 2. The zero-order valence-electron chi connectivity index (χ0n) is 12.3. The quantitative estimate of drug-likeness (QED) is 0.648. The molecule has 1 amide bonds. The van der Waals surface area contributed by atoms with Crippen molar-refractivity contribution in [1.82, 2.24) is 0 Å². The Morgan fingerprint density at radius 3 is 2.48 bits per heavy atom. The molecule has 0 saturated carbocycles. The standard InChI is InChI=1S/C16H15ClN2O4/c1-22-14-7-6-12(8-13(14)17)19-15(20)9-23-16(21)10-2-4-11(18)5-3-10/h2-8H,9,18H2,1H3,(H,19,20). The van der Waals surface area contributed by atoms with E-state index in [1.807, 2.05) is 0 Å². The number of nitrogen functional groups attached to an aromatic ring is 1. The average molecular weight is 335 g/mol. The number of hydrogen-bond acceptors (Lipinski definition) is 5. The fourth-order valence-corrected chi connectivity index (χ4v) is 2.03. The Labute approximate surface area is 138 Å². The van der Waals surface area contributed by atoms with Gasteiger partial charge in [0.15, 0.2) is 6.61 Å². The second-order valence-electron chi connectivity index (χ2n) is 4.60. The van der Waals surface area contributed by atoms with E-state index in [0.717, 1.165) is 0 Å². The Morgan fingerprint density at radius 2 is 1.87 bits per heavy atom. The number of nitrogens with two attached hydrogens (primary N) is 1. The highest BCUT2D eigenvalue weighted by Gasteiger charge is 2.11. The zero-order valence-corrected chi connectivity index (χ0v) is 13.1. The topological polar surface area (TPSA) is 90.6 Å². The number of halogens is 1. The van der Waals surface area contributed by atoms with Gasteiger partial charge in [0.1, 0.15) is 5.75 Å². The van der Waals surface area contributed by atoms with Crippen LogP contribution in [0.5, 0.6) is 5.75 Å². The van der Waals surface area contributed by atoms with Gasteiger partial charge in [0, 0.05) is 11.4 Å². The van der Waals surface area contributed by atoms with Crippen molar-refractivity contribution in [3.8, 4) is 5.75 Å². The molecule has 0 atom stereocenters. The third-order valence-electron chi connectivity index (χ3n) is 2.92. The van der Waals surface area contributed by atoms with Gasteiger partial charge in [-0.25, -0.2) is 4.79 Å². The predicted molar refractivity (Wildman–Crippen MR) is 87.8 cm³/mol. The first-order valence-corrected chi connectivity index (χ1v) is 7.03. The lowest BCUT2D eigenvalue weighted by Gasteiger charge is -2.08. The van der Waals surface area contributed by atoms with Crippen LogP contribution in [0.25, 0.3) is 0 Å². The Bertz CT molecular complexity index is 717. The number of nitrogens with one attached hydrogen (secondary N) is 1. The molecule has 0 spiro atoms. The normalized spacial score (nSPS) is 10.0. The summed E-state index contributed by atoms with van der Waals surface area (Å²) in [5.74, 6) is -0.581. The lowest BCUT2D eigenvalue weighted by atomic mass is 10.2. The Hall–Kier alpha value is -2.73. The van der Waals surface area contributed by atoms with Crippen molar-refractivity contribution in [2.75, 3.05) is 24.8 Å². The number of ether oxygens (including phenoxy) is 2. The molecule has 0 aromatic heterocycles. The van der Waals surface area contributed by atoms with Gasteiger partial charge in [0.2, 0.25) is 0 Å². The summed E-state index contributed by atoms with van der Waals surface area (Å²) in [5.41, 5.74) is 6.86. The van der Waals surface area contributed by atoms with Gasteiger partial charge in [-0.1, -0.05) is 11.6 Å². The number of methoxy groups -OCH3 is 1. The highest BCUT2D eigenvalue weighted by molar-refractivity contribution is 6.32. The van der Waals surface area contributed by atoms with Crippen molar-refractivity contribution in [2.24, 2.45) is 0 Å². The molecule has 23 heavy (non-hydrogen) atoms. The molecule has 0 saturated heterocycles. The SMILES string of the molecule is COc1ccc(NC(=O)COC(=O)c2ccc(N)cc2)cc1Cl.